The normalized spacial score (nSPS) is 18.8. The van der Waals surface area contributed by atoms with Gasteiger partial charge in [-0.25, -0.2) is 14.4 Å². The van der Waals surface area contributed by atoms with Crippen LogP contribution < -0.4 is 0 Å². The van der Waals surface area contributed by atoms with Gasteiger partial charge >= 0.3 is 0 Å². The van der Waals surface area contributed by atoms with Crippen LogP contribution in [0.2, 0.25) is 0 Å². The monoisotopic (exact) mass is 179 g/mol. The van der Waals surface area contributed by atoms with E-state index in [0.29, 0.717) is 5.92 Å². The zero-order chi connectivity index (χ0) is 9.10. The van der Waals surface area contributed by atoms with E-state index in [-0.39, 0.29) is 5.82 Å². The molecule has 3 heteroatoms. The van der Waals surface area contributed by atoms with Crippen LogP contribution in [-0.4, -0.2) is 9.97 Å². The van der Waals surface area contributed by atoms with Crippen LogP contribution in [0, 0.1) is 12.2 Å². The molecule has 1 fully saturated rings. The summed E-state index contributed by atoms with van der Waals surface area (Å²) >= 11 is 0. The summed E-state index contributed by atoms with van der Waals surface area (Å²) in [5.41, 5.74) is 0. The molecule has 0 spiro atoms. The number of halogens is 1. The first kappa shape index (κ1) is 8.60. The van der Waals surface area contributed by atoms with Crippen LogP contribution in [0.1, 0.15) is 37.4 Å². The fourth-order valence-electron chi connectivity index (χ4n) is 1.72. The van der Waals surface area contributed by atoms with Crippen LogP contribution in [0.5, 0.6) is 0 Å². The van der Waals surface area contributed by atoms with Crippen LogP contribution >= 0.6 is 0 Å². The van der Waals surface area contributed by atoms with Gasteiger partial charge in [-0.2, -0.15) is 0 Å². The largest absolute Gasteiger partial charge is 0.238 e. The van der Waals surface area contributed by atoms with Gasteiger partial charge < -0.3 is 0 Å². The van der Waals surface area contributed by atoms with Gasteiger partial charge in [-0.15, -0.1) is 0 Å². The van der Waals surface area contributed by atoms with Crippen molar-refractivity contribution in [2.75, 3.05) is 0 Å². The van der Waals surface area contributed by atoms with E-state index in [2.05, 4.69) is 16.4 Å². The SMILES string of the molecule is Fc1cnc(C2CC[CH]CC2)nc1. The molecule has 13 heavy (non-hydrogen) atoms. The Labute approximate surface area is 77.2 Å². The first-order valence-corrected chi connectivity index (χ1v) is 4.65. The molecule has 1 aromatic rings. The summed E-state index contributed by atoms with van der Waals surface area (Å²) in [4.78, 5) is 8.00. The van der Waals surface area contributed by atoms with E-state index in [1.165, 1.54) is 12.4 Å². The molecule has 0 bridgehead atoms. The average molecular weight is 179 g/mol. The molecule has 0 amide bonds. The van der Waals surface area contributed by atoms with Gasteiger partial charge in [0.25, 0.3) is 0 Å². The summed E-state index contributed by atoms with van der Waals surface area (Å²) in [7, 11) is 0. The summed E-state index contributed by atoms with van der Waals surface area (Å²) in [6.07, 6.45) is 9.26. The van der Waals surface area contributed by atoms with Gasteiger partial charge in [-0.1, -0.05) is 0 Å². The molecule has 1 saturated carbocycles. The lowest BCUT2D eigenvalue weighted by atomic mass is 9.89. The lowest BCUT2D eigenvalue weighted by molar-refractivity contribution is 0.485. The van der Waals surface area contributed by atoms with Crippen molar-refractivity contribution in [1.29, 1.82) is 0 Å². The maximum absolute atomic E-state index is 12.5. The van der Waals surface area contributed by atoms with E-state index in [4.69, 9.17) is 0 Å². The van der Waals surface area contributed by atoms with Crippen molar-refractivity contribution in [3.05, 3.63) is 30.5 Å². The fourth-order valence-corrected chi connectivity index (χ4v) is 1.72. The summed E-state index contributed by atoms with van der Waals surface area (Å²) in [6, 6.07) is 0. The predicted octanol–water partition coefficient (Wildman–Crippen LogP) is 2.48. The van der Waals surface area contributed by atoms with E-state index < -0.39 is 0 Å². The molecule has 1 aliphatic carbocycles. The van der Waals surface area contributed by atoms with Crippen molar-refractivity contribution in [2.45, 2.75) is 31.6 Å². The van der Waals surface area contributed by atoms with Crippen molar-refractivity contribution >= 4 is 0 Å². The molecule has 2 rings (SSSR count). The molecule has 1 radical (unpaired) electrons. The van der Waals surface area contributed by atoms with Crippen molar-refractivity contribution in [2.24, 2.45) is 0 Å². The highest BCUT2D eigenvalue weighted by Gasteiger charge is 2.17. The van der Waals surface area contributed by atoms with E-state index >= 15 is 0 Å². The fraction of sp³-hybridized carbons (Fsp3) is 0.500. The van der Waals surface area contributed by atoms with E-state index in [1.807, 2.05) is 0 Å². The van der Waals surface area contributed by atoms with Gasteiger partial charge in [0.1, 0.15) is 5.82 Å². The molecule has 2 nitrogen and oxygen atoms in total. The van der Waals surface area contributed by atoms with Crippen molar-refractivity contribution in [3.63, 3.8) is 0 Å². The van der Waals surface area contributed by atoms with Gasteiger partial charge in [-0.3, -0.25) is 0 Å². The lowest BCUT2D eigenvalue weighted by Crippen LogP contribution is -2.08. The average Bonchev–Trinajstić information content (AvgIpc) is 2.20. The molecular formula is C10H12FN2. The predicted molar refractivity (Wildman–Crippen MR) is 47.5 cm³/mol. The van der Waals surface area contributed by atoms with Crippen molar-refractivity contribution < 1.29 is 4.39 Å². The zero-order valence-electron chi connectivity index (χ0n) is 7.41. The van der Waals surface area contributed by atoms with E-state index in [1.54, 1.807) is 0 Å². The van der Waals surface area contributed by atoms with Crippen LogP contribution in [-0.2, 0) is 0 Å². The minimum absolute atomic E-state index is 0.355. The minimum atomic E-state index is -0.355. The molecule has 0 saturated heterocycles. The first-order chi connectivity index (χ1) is 6.36. The van der Waals surface area contributed by atoms with Crippen LogP contribution in [0.4, 0.5) is 4.39 Å². The highest BCUT2D eigenvalue weighted by atomic mass is 19.1. The van der Waals surface area contributed by atoms with Gasteiger partial charge in [0, 0.05) is 5.92 Å². The molecule has 0 aromatic carbocycles. The Morgan fingerprint density at radius 2 is 1.77 bits per heavy atom. The number of rotatable bonds is 1. The highest BCUT2D eigenvalue weighted by Crippen LogP contribution is 2.29. The second-order valence-electron chi connectivity index (χ2n) is 3.40. The van der Waals surface area contributed by atoms with Crippen molar-refractivity contribution in [1.82, 2.24) is 9.97 Å². The standard InChI is InChI=1S/C10H12FN2/c11-9-6-12-10(13-7-9)8-4-2-1-3-5-8/h1,6-8H,2-5H2. The molecule has 0 aliphatic heterocycles. The van der Waals surface area contributed by atoms with Gasteiger partial charge in [0.15, 0.2) is 5.82 Å². The lowest BCUT2D eigenvalue weighted by Gasteiger charge is -2.19. The molecule has 0 unspecified atom stereocenters. The van der Waals surface area contributed by atoms with Crippen LogP contribution in [0.25, 0.3) is 0 Å². The third-order valence-corrected chi connectivity index (χ3v) is 2.44. The number of nitrogens with zero attached hydrogens (tertiary/aromatic N) is 2. The van der Waals surface area contributed by atoms with Gasteiger partial charge in [-0.05, 0) is 32.1 Å². The quantitative estimate of drug-likeness (QED) is 0.661. The molecular weight excluding hydrogens is 167 g/mol. The van der Waals surface area contributed by atoms with Crippen LogP contribution in [0.3, 0.4) is 0 Å². The Kier molecular flexibility index (Phi) is 2.52. The summed E-state index contributed by atoms with van der Waals surface area (Å²) in [5, 5.41) is 0. The van der Waals surface area contributed by atoms with Crippen molar-refractivity contribution in [3.8, 4) is 0 Å². The second-order valence-corrected chi connectivity index (χ2v) is 3.40. The smallest absolute Gasteiger partial charge is 0.159 e. The molecule has 69 valence electrons. The third-order valence-electron chi connectivity index (χ3n) is 2.44. The first-order valence-electron chi connectivity index (χ1n) is 4.65. The number of hydrogen-bond donors (Lipinski definition) is 0. The highest BCUT2D eigenvalue weighted by molar-refractivity contribution is 5.00. The molecule has 1 heterocycles. The maximum atomic E-state index is 12.5. The second kappa shape index (κ2) is 3.81. The van der Waals surface area contributed by atoms with E-state index in [9.17, 15) is 4.39 Å². The third kappa shape index (κ3) is 2.02. The maximum Gasteiger partial charge on any atom is 0.159 e. The Hall–Kier alpha value is -0.990. The Morgan fingerprint density at radius 1 is 1.15 bits per heavy atom. The molecule has 0 atom stereocenters. The minimum Gasteiger partial charge on any atom is -0.238 e. The Morgan fingerprint density at radius 3 is 2.38 bits per heavy atom. The van der Waals surface area contributed by atoms with E-state index in [0.717, 1.165) is 31.5 Å². The summed E-state index contributed by atoms with van der Waals surface area (Å²) in [6.45, 7) is 0. The van der Waals surface area contributed by atoms with Gasteiger partial charge in [0.2, 0.25) is 0 Å². The summed E-state index contributed by atoms with van der Waals surface area (Å²) < 4.78 is 12.5. The molecule has 1 aliphatic rings. The zero-order valence-corrected chi connectivity index (χ0v) is 7.41. The summed E-state index contributed by atoms with van der Waals surface area (Å²) in [5.74, 6) is 0.881. The number of hydrogen-bond acceptors (Lipinski definition) is 2. The van der Waals surface area contributed by atoms with Crippen LogP contribution in [0.15, 0.2) is 12.4 Å². The topological polar surface area (TPSA) is 25.8 Å². The molecule has 1 aromatic heterocycles. The Balaban J connectivity index is 2.10. The Bertz CT molecular complexity index is 265. The number of aromatic nitrogens is 2. The molecule has 0 N–H and O–H groups in total. The van der Waals surface area contributed by atoms with Gasteiger partial charge in [0.05, 0.1) is 12.4 Å².